The average molecular weight is 951 g/mol. The highest BCUT2D eigenvalue weighted by atomic mass is 31.2. The second-order valence-electron chi connectivity index (χ2n) is 17.9. The fourth-order valence-corrected chi connectivity index (χ4v) is 9.14. The number of phosphoric acid groups is 1. The van der Waals surface area contributed by atoms with Crippen molar-refractivity contribution in [3.63, 3.8) is 0 Å². The number of cyclic esters (lactones) is 1. The summed E-state index contributed by atoms with van der Waals surface area (Å²) in [6.45, 7) is 2.70. The molecule has 1 aliphatic carbocycles. The Morgan fingerprint density at radius 3 is 1.98 bits per heavy atom. The third-order valence-electron chi connectivity index (χ3n) is 12.2. The van der Waals surface area contributed by atoms with Gasteiger partial charge in [0.2, 0.25) is 0 Å². The number of esters is 2. The number of ether oxygens (including phenoxy) is 2. The minimum Gasteiger partial charge on any atom is -0.462 e. The normalized spacial score (nSPS) is 32.4. The van der Waals surface area contributed by atoms with E-state index in [-0.39, 0.29) is 32.1 Å². The van der Waals surface area contributed by atoms with E-state index in [1.165, 1.54) is 37.8 Å². The fourth-order valence-electron chi connectivity index (χ4n) is 8.17. The molecule has 1 saturated carbocycles. The van der Waals surface area contributed by atoms with Crippen LogP contribution in [0.2, 0.25) is 0 Å². The molecule has 13 atom stereocenters. The Kier molecular flexibility index (Phi) is 30.3. The van der Waals surface area contributed by atoms with E-state index < -0.39 is 124 Å². The topological polar surface area (TPSA) is 287 Å². The molecule has 18 heteroatoms. The summed E-state index contributed by atoms with van der Waals surface area (Å²) in [7, 11) is -5.49. The van der Waals surface area contributed by atoms with Gasteiger partial charge in [-0.1, -0.05) is 109 Å². The highest BCUT2D eigenvalue weighted by Crippen LogP contribution is 2.47. The molecule has 0 aromatic heterocycles. The molecule has 1 saturated heterocycles. The highest BCUT2D eigenvalue weighted by molar-refractivity contribution is 7.47. The van der Waals surface area contributed by atoms with E-state index >= 15 is 0 Å². The van der Waals surface area contributed by atoms with Crippen molar-refractivity contribution in [3.8, 4) is 0 Å². The molecule has 2 bridgehead atoms. The molecule has 65 heavy (non-hydrogen) atoms. The Bertz CT molecular complexity index is 1430. The van der Waals surface area contributed by atoms with Crippen LogP contribution in [0.4, 0.5) is 0 Å². The molecule has 1 aliphatic heterocycles. The van der Waals surface area contributed by atoms with Gasteiger partial charge >= 0.3 is 19.8 Å². The summed E-state index contributed by atoms with van der Waals surface area (Å²) in [6, 6.07) is 0. The lowest BCUT2D eigenvalue weighted by Gasteiger charge is -2.37. The summed E-state index contributed by atoms with van der Waals surface area (Å²) < 4.78 is 34.6. The molecule has 0 amide bonds. The predicted molar refractivity (Wildman–Crippen MR) is 242 cm³/mol. The van der Waals surface area contributed by atoms with Gasteiger partial charge in [0, 0.05) is 43.9 Å². The average Bonchev–Trinajstić information content (AvgIpc) is 3.27. The first kappa shape index (κ1) is 59.0. The van der Waals surface area contributed by atoms with Gasteiger partial charge in [0.25, 0.3) is 0 Å². The molecule has 2 aliphatic rings. The van der Waals surface area contributed by atoms with E-state index in [0.29, 0.717) is 19.3 Å². The molecular formula is C47H83O17P. The van der Waals surface area contributed by atoms with Gasteiger partial charge in [-0.15, -0.1) is 0 Å². The summed E-state index contributed by atoms with van der Waals surface area (Å²) >= 11 is 0. The molecule has 0 radical (unpaired) electrons. The third-order valence-corrected chi connectivity index (χ3v) is 13.2. The van der Waals surface area contributed by atoms with Crippen molar-refractivity contribution in [2.75, 3.05) is 13.2 Å². The fraction of sp³-hybridized carbons (Fsp3) is 0.851. The highest BCUT2D eigenvalue weighted by Gasteiger charge is 2.49. The van der Waals surface area contributed by atoms with Crippen LogP contribution in [0, 0.1) is 11.8 Å². The first-order valence-corrected chi connectivity index (χ1v) is 25.8. The summed E-state index contributed by atoms with van der Waals surface area (Å²) in [4.78, 5) is 49.7. The van der Waals surface area contributed by atoms with Crippen LogP contribution < -0.4 is 0 Å². The van der Waals surface area contributed by atoms with Crippen LogP contribution in [0.1, 0.15) is 168 Å². The minimum absolute atomic E-state index is 0.000295. The van der Waals surface area contributed by atoms with Gasteiger partial charge in [-0.2, -0.15) is 0 Å². The lowest BCUT2D eigenvalue weighted by molar-refractivity contribution is -0.168. The van der Waals surface area contributed by atoms with E-state index in [2.05, 4.69) is 19.1 Å². The summed E-state index contributed by atoms with van der Waals surface area (Å²) in [6.07, 6.45) is 2.27. The summed E-state index contributed by atoms with van der Waals surface area (Å²) in [5.74, 6) is -5.03. The number of ketones is 1. The number of phosphoric ester groups is 1. The summed E-state index contributed by atoms with van der Waals surface area (Å²) in [5, 5.41) is 90.1. The number of rotatable bonds is 22. The Morgan fingerprint density at radius 2 is 1.32 bits per heavy atom. The summed E-state index contributed by atoms with van der Waals surface area (Å²) in [5.41, 5.74) is 0. The molecule has 9 N–H and O–H groups in total. The largest absolute Gasteiger partial charge is 0.472 e. The van der Waals surface area contributed by atoms with Gasteiger partial charge in [-0.05, 0) is 51.4 Å². The van der Waals surface area contributed by atoms with Gasteiger partial charge in [-0.3, -0.25) is 23.4 Å². The second kappa shape index (κ2) is 33.4. The molecule has 1 unspecified atom stereocenters. The quantitative estimate of drug-likeness (QED) is 0.0293. The van der Waals surface area contributed by atoms with Crippen molar-refractivity contribution in [2.45, 2.75) is 229 Å². The SMILES string of the molecule is CCCCCC/C=C\CCCCCCCCCC(=O)O[C@@H]1COC(=O)CCCCC(=O)C[C@@H]2[C@@H](O)[C@H](O)[C@@H](O)[C@H](OP(=O)(O)OC1)[C@H](O)[C@H](O)[C@@H](/C=C/[C@@H](O)CCCCC)[C@H](O)C[C@@H]2O. The van der Waals surface area contributed by atoms with E-state index in [1.54, 1.807) is 0 Å². The lowest BCUT2D eigenvalue weighted by Crippen LogP contribution is -2.56. The molecule has 2 fully saturated rings. The van der Waals surface area contributed by atoms with E-state index in [4.69, 9.17) is 18.5 Å². The number of hydrogen-bond acceptors (Lipinski definition) is 16. The number of unbranched alkanes of at least 4 members (excludes halogenated alkanes) is 13. The Balaban J connectivity index is 2.22. The molecule has 0 aromatic carbocycles. The number of carbonyl (C=O) groups is 3. The van der Waals surface area contributed by atoms with Crippen molar-refractivity contribution < 1.29 is 83.2 Å². The molecule has 378 valence electrons. The number of Topliss-reactive ketones (excluding diaryl/α,β-unsaturated/α-hetero) is 1. The van der Waals surface area contributed by atoms with Crippen LogP contribution in [-0.2, 0) is 37.5 Å². The Morgan fingerprint density at radius 1 is 0.738 bits per heavy atom. The van der Waals surface area contributed by atoms with Crippen LogP contribution in [0.5, 0.6) is 0 Å². The first-order valence-electron chi connectivity index (χ1n) is 24.3. The van der Waals surface area contributed by atoms with Crippen LogP contribution in [0.25, 0.3) is 0 Å². The van der Waals surface area contributed by atoms with Crippen molar-refractivity contribution in [3.05, 3.63) is 24.3 Å². The second-order valence-corrected chi connectivity index (χ2v) is 19.3. The van der Waals surface area contributed by atoms with Crippen LogP contribution in [0.15, 0.2) is 24.3 Å². The number of hydrogen-bond donors (Lipinski definition) is 9. The maximum absolute atomic E-state index is 13.5. The zero-order valence-corrected chi connectivity index (χ0v) is 39.8. The van der Waals surface area contributed by atoms with Crippen LogP contribution >= 0.6 is 7.82 Å². The molecule has 2 rings (SSSR count). The zero-order chi connectivity index (χ0) is 48.2. The molecule has 17 nitrogen and oxygen atoms in total. The standard InChI is InChI=1S/C47H83O17P/c1-3-5-7-8-9-10-11-12-13-14-15-16-17-18-20-26-41(53)63-35-31-61-40(52)25-22-21-24-34(49)29-37-39(51)30-38(50)36(28-27-33(48)23-19-6-4-2)42(54)45(57)47(46(58)44(56)43(37)55)64-65(59,60)62-32-35/h10-11,27-28,33,35-39,42-48,50-51,54-58H,3-9,12-26,29-32H2,1-2H3,(H,59,60)/b11-10-,28-27+/t33-,35+,36-,37-,38+,39-,42+,43+,44-,45+,46+,47+/m0/s1. The Hall–Kier alpha value is -2.12. The number of allylic oxidation sites excluding steroid dienone is 2. The number of fused-ring (bicyclic) bond motifs is 4. The molecular weight excluding hydrogens is 867 g/mol. The first-order chi connectivity index (χ1) is 31.0. The van der Waals surface area contributed by atoms with E-state index in [1.807, 2.05) is 6.92 Å². The maximum Gasteiger partial charge on any atom is 0.472 e. The van der Waals surface area contributed by atoms with Gasteiger partial charge < -0.3 is 55.2 Å². The number of aliphatic hydroxyl groups is 8. The van der Waals surface area contributed by atoms with E-state index in [0.717, 1.165) is 64.2 Å². The van der Waals surface area contributed by atoms with Crippen LogP contribution in [0.3, 0.4) is 0 Å². The lowest BCUT2D eigenvalue weighted by atomic mass is 9.82. The number of aliphatic hydroxyl groups excluding tert-OH is 8. The van der Waals surface area contributed by atoms with Crippen molar-refractivity contribution >= 4 is 25.5 Å². The minimum atomic E-state index is -5.49. The monoisotopic (exact) mass is 951 g/mol. The zero-order valence-electron chi connectivity index (χ0n) is 38.9. The molecule has 0 aromatic rings. The van der Waals surface area contributed by atoms with E-state index in [9.17, 15) is 64.7 Å². The van der Waals surface area contributed by atoms with Crippen molar-refractivity contribution in [1.29, 1.82) is 0 Å². The smallest absolute Gasteiger partial charge is 0.462 e. The molecule has 0 spiro atoms. The maximum atomic E-state index is 13.5. The Labute approximate surface area is 386 Å². The van der Waals surface area contributed by atoms with Gasteiger partial charge in [0.15, 0.2) is 6.10 Å². The van der Waals surface area contributed by atoms with Gasteiger partial charge in [0.05, 0.1) is 37.1 Å². The predicted octanol–water partition coefficient (Wildman–Crippen LogP) is 5.17. The van der Waals surface area contributed by atoms with Gasteiger partial charge in [-0.25, -0.2) is 4.57 Å². The van der Waals surface area contributed by atoms with Crippen molar-refractivity contribution in [2.24, 2.45) is 11.8 Å². The third kappa shape index (κ3) is 24.1. The van der Waals surface area contributed by atoms with Crippen molar-refractivity contribution in [1.82, 2.24) is 0 Å². The van der Waals surface area contributed by atoms with Gasteiger partial charge in [0.1, 0.15) is 36.8 Å². The van der Waals surface area contributed by atoms with Crippen LogP contribution in [-0.4, -0.2) is 138 Å². The molecule has 1 heterocycles. The number of carbonyl (C=O) groups excluding carboxylic acids is 3.